The van der Waals surface area contributed by atoms with Gasteiger partial charge < -0.3 is 10.6 Å². The average Bonchev–Trinajstić information content (AvgIpc) is 2.46. The van der Waals surface area contributed by atoms with Crippen molar-refractivity contribution in [3.63, 3.8) is 0 Å². The van der Waals surface area contributed by atoms with Crippen molar-refractivity contribution in [3.05, 3.63) is 64.1 Å². The second kappa shape index (κ2) is 6.78. The van der Waals surface area contributed by atoms with E-state index in [-0.39, 0.29) is 5.69 Å². The van der Waals surface area contributed by atoms with Gasteiger partial charge in [0.25, 0.3) is 0 Å². The minimum Gasteiger partial charge on any atom is -0.322 e. The molecule has 1 unspecified atom stereocenters. The van der Waals surface area contributed by atoms with Gasteiger partial charge in [-0.05, 0) is 36.9 Å². The Hall–Kier alpha value is -1.79. The van der Waals surface area contributed by atoms with Crippen LogP contribution in [0, 0.1) is 11.6 Å². The highest BCUT2D eigenvalue weighted by atomic mass is 79.9. The van der Waals surface area contributed by atoms with Crippen molar-refractivity contribution in [1.29, 1.82) is 0 Å². The molecule has 0 heterocycles. The number of benzene rings is 2. The number of carbonyl (C=O) groups is 1. The molecule has 2 rings (SSSR count). The van der Waals surface area contributed by atoms with Crippen LogP contribution in [0.25, 0.3) is 0 Å². The number of rotatable bonds is 4. The molecule has 110 valence electrons. The van der Waals surface area contributed by atoms with E-state index in [1.165, 1.54) is 0 Å². The highest BCUT2D eigenvalue weighted by Crippen LogP contribution is 2.20. The molecule has 2 aromatic carbocycles. The molecule has 0 fully saturated rings. The molecule has 0 aliphatic heterocycles. The van der Waals surface area contributed by atoms with Gasteiger partial charge in [-0.3, -0.25) is 4.79 Å². The van der Waals surface area contributed by atoms with Crippen molar-refractivity contribution < 1.29 is 13.6 Å². The van der Waals surface area contributed by atoms with Crippen molar-refractivity contribution in [1.82, 2.24) is 5.32 Å². The molecule has 0 aliphatic rings. The largest absolute Gasteiger partial charge is 0.322 e. The molecule has 1 atom stereocenters. The summed E-state index contributed by atoms with van der Waals surface area (Å²) in [6, 6.07) is 9.39. The molecule has 0 saturated carbocycles. The summed E-state index contributed by atoms with van der Waals surface area (Å²) in [5, 5.41) is 5.24. The van der Waals surface area contributed by atoms with E-state index >= 15 is 0 Å². The Kier molecular flexibility index (Phi) is 5.03. The van der Waals surface area contributed by atoms with E-state index in [0.717, 1.165) is 28.2 Å². The number of hydrogen-bond donors (Lipinski definition) is 2. The molecule has 0 spiro atoms. The topological polar surface area (TPSA) is 41.1 Å². The molecule has 3 nitrogen and oxygen atoms in total. The maximum Gasteiger partial charge on any atom is 0.246 e. The summed E-state index contributed by atoms with van der Waals surface area (Å²) in [6.45, 7) is 0. The van der Waals surface area contributed by atoms with E-state index in [2.05, 4.69) is 26.6 Å². The minimum atomic E-state index is -0.685. The molecule has 1 amide bonds. The van der Waals surface area contributed by atoms with Crippen LogP contribution in [0.5, 0.6) is 0 Å². The van der Waals surface area contributed by atoms with Gasteiger partial charge in [-0.15, -0.1) is 0 Å². The van der Waals surface area contributed by atoms with Gasteiger partial charge in [-0.2, -0.15) is 0 Å². The lowest BCUT2D eigenvalue weighted by atomic mass is 10.1. The first-order valence-corrected chi connectivity index (χ1v) is 6.99. The molecule has 0 aromatic heterocycles. The maximum absolute atomic E-state index is 13.5. The third-order valence-electron chi connectivity index (χ3n) is 2.94. The van der Waals surface area contributed by atoms with E-state index in [4.69, 9.17) is 0 Å². The number of hydrogen-bond acceptors (Lipinski definition) is 2. The molecule has 2 N–H and O–H groups in total. The average molecular weight is 355 g/mol. The number of nitrogens with one attached hydrogen (secondary N) is 2. The van der Waals surface area contributed by atoms with Gasteiger partial charge >= 0.3 is 0 Å². The molecule has 0 radical (unpaired) electrons. The number of anilines is 1. The fourth-order valence-corrected chi connectivity index (χ4v) is 2.17. The quantitative estimate of drug-likeness (QED) is 0.880. The zero-order valence-corrected chi connectivity index (χ0v) is 12.7. The van der Waals surface area contributed by atoms with Gasteiger partial charge in [-0.25, -0.2) is 8.78 Å². The Morgan fingerprint density at radius 3 is 2.43 bits per heavy atom. The van der Waals surface area contributed by atoms with Crippen LogP contribution in [-0.4, -0.2) is 13.0 Å². The molecule has 2 aromatic rings. The fourth-order valence-electron chi connectivity index (χ4n) is 1.90. The van der Waals surface area contributed by atoms with E-state index in [9.17, 15) is 13.6 Å². The lowest BCUT2D eigenvalue weighted by Crippen LogP contribution is -2.30. The van der Waals surface area contributed by atoms with Crippen molar-refractivity contribution in [2.45, 2.75) is 6.04 Å². The lowest BCUT2D eigenvalue weighted by Gasteiger charge is -2.17. The molecular weight excluding hydrogens is 342 g/mol. The van der Waals surface area contributed by atoms with Crippen LogP contribution in [0.15, 0.2) is 46.9 Å². The first-order valence-electron chi connectivity index (χ1n) is 6.20. The Balaban J connectivity index is 2.20. The third-order valence-corrected chi connectivity index (χ3v) is 3.47. The summed E-state index contributed by atoms with van der Waals surface area (Å²) < 4.78 is 27.5. The Bertz CT molecular complexity index is 647. The molecule has 6 heteroatoms. The first kappa shape index (κ1) is 15.6. The Morgan fingerprint density at radius 2 is 1.81 bits per heavy atom. The fraction of sp³-hybridized carbons (Fsp3) is 0.133. The van der Waals surface area contributed by atoms with E-state index < -0.39 is 23.6 Å². The van der Waals surface area contributed by atoms with E-state index in [1.54, 1.807) is 31.3 Å². The first-order chi connectivity index (χ1) is 10.0. The number of halogens is 3. The third kappa shape index (κ3) is 3.86. The normalized spacial score (nSPS) is 12.0. The SMILES string of the molecule is CNC(C(=O)Nc1cc(F)ccc1F)c1ccc(Br)cc1. The van der Waals surface area contributed by atoms with Gasteiger partial charge in [0.1, 0.15) is 17.7 Å². The molecule has 21 heavy (non-hydrogen) atoms. The standard InChI is InChI=1S/C15H13BrF2N2O/c1-19-14(9-2-4-10(16)5-3-9)15(21)20-13-8-11(17)6-7-12(13)18/h2-8,14,19H,1H3,(H,20,21). The number of amides is 1. The van der Waals surface area contributed by atoms with Crippen molar-refractivity contribution >= 4 is 27.5 Å². The van der Waals surface area contributed by atoms with Crippen LogP contribution in [0.3, 0.4) is 0 Å². The predicted molar refractivity (Wildman–Crippen MR) is 80.9 cm³/mol. The van der Waals surface area contributed by atoms with Gasteiger partial charge in [0.05, 0.1) is 5.69 Å². The van der Waals surface area contributed by atoms with Crippen molar-refractivity contribution in [3.8, 4) is 0 Å². The summed E-state index contributed by atoms with van der Waals surface area (Å²) in [5.74, 6) is -1.77. The molecular formula is C15H13BrF2N2O. The van der Waals surface area contributed by atoms with Crippen molar-refractivity contribution in [2.24, 2.45) is 0 Å². The van der Waals surface area contributed by atoms with Gasteiger partial charge in [0.2, 0.25) is 5.91 Å². The second-order valence-corrected chi connectivity index (χ2v) is 5.30. The minimum absolute atomic E-state index is 0.183. The highest BCUT2D eigenvalue weighted by Gasteiger charge is 2.20. The summed E-state index contributed by atoms with van der Waals surface area (Å²) in [7, 11) is 1.62. The van der Waals surface area contributed by atoms with Gasteiger partial charge in [0, 0.05) is 10.5 Å². The molecule has 0 bridgehead atoms. The van der Waals surface area contributed by atoms with Crippen LogP contribution in [0.2, 0.25) is 0 Å². The van der Waals surface area contributed by atoms with Crippen LogP contribution >= 0.6 is 15.9 Å². The predicted octanol–water partition coefficient (Wildman–Crippen LogP) is 3.63. The monoisotopic (exact) mass is 354 g/mol. The van der Waals surface area contributed by atoms with Crippen LogP contribution < -0.4 is 10.6 Å². The Labute approximate surface area is 129 Å². The van der Waals surface area contributed by atoms with Crippen LogP contribution in [0.4, 0.5) is 14.5 Å². The second-order valence-electron chi connectivity index (χ2n) is 4.39. The van der Waals surface area contributed by atoms with Gasteiger partial charge in [-0.1, -0.05) is 28.1 Å². The lowest BCUT2D eigenvalue weighted by molar-refractivity contribution is -0.118. The van der Waals surface area contributed by atoms with Crippen molar-refractivity contribution in [2.75, 3.05) is 12.4 Å². The summed E-state index contributed by atoms with van der Waals surface area (Å²) >= 11 is 3.31. The maximum atomic E-state index is 13.5. The van der Waals surface area contributed by atoms with E-state index in [0.29, 0.717) is 0 Å². The summed E-state index contributed by atoms with van der Waals surface area (Å²) in [4.78, 5) is 12.2. The summed E-state index contributed by atoms with van der Waals surface area (Å²) in [5.41, 5.74) is 0.535. The van der Waals surface area contributed by atoms with E-state index in [1.807, 2.05) is 0 Å². The zero-order chi connectivity index (χ0) is 15.4. The highest BCUT2D eigenvalue weighted by molar-refractivity contribution is 9.10. The molecule has 0 saturated heterocycles. The number of carbonyl (C=O) groups excluding carboxylic acids is 1. The smallest absolute Gasteiger partial charge is 0.246 e. The summed E-state index contributed by atoms with van der Waals surface area (Å²) in [6.07, 6.45) is 0. The zero-order valence-electron chi connectivity index (χ0n) is 11.2. The Morgan fingerprint density at radius 1 is 1.14 bits per heavy atom. The van der Waals surface area contributed by atoms with Crippen LogP contribution in [0.1, 0.15) is 11.6 Å². The van der Waals surface area contributed by atoms with Gasteiger partial charge in [0.15, 0.2) is 0 Å². The van der Waals surface area contributed by atoms with Crippen LogP contribution in [-0.2, 0) is 4.79 Å². The number of likely N-dealkylation sites (N-methyl/N-ethyl adjacent to an activating group) is 1. The molecule has 0 aliphatic carbocycles.